The Bertz CT molecular complexity index is 163. The maximum atomic E-state index is 8.99. The highest BCUT2D eigenvalue weighted by Crippen LogP contribution is 2.22. The third-order valence-electron chi connectivity index (χ3n) is 3.38. The van der Waals surface area contributed by atoms with Gasteiger partial charge in [0, 0.05) is 19.7 Å². The van der Waals surface area contributed by atoms with E-state index in [1.54, 1.807) is 0 Å². The van der Waals surface area contributed by atoms with Crippen molar-refractivity contribution in [3.05, 3.63) is 0 Å². The zero-order chi connectivity index (χ0) is 10.6. The molecule has 0 amide bonds. The fourth-order valence-electron chi connectivity index (χ4n) is 2.20. The molecule has 3 unspecified atom stereocenters. The molecule has 14 heavy (non-hydrogen) atoms. The summed E-state index contributed by atoms with van der Waals surface area (Å²) >= 11 is 0. The fourth-order valence-corrected chi connectivity index (χ4v) is 2.20. The van der Waals surface area contributed by atoms with Gasteiger partial charge in [-0.1, -0.05) is 13.8 Å². The number of nitrogens with zero attached hydrogens (tertiary/aromatic N) is 1. The van der Waals surface area contributed by atoms with Crippen LogP contribution in [0.1, 0.15) is 20.3 Å². The Balaban J connectivity index is 2.34. The van der Waals surface area contributed by atoms with E-state index in [0.29, 0.717) is 18.4 Å². The minimum atomic E-state index is 0.291. The van der Waals surface area contributed by atoms with Gasteiger partial charge in [-0.2, -0.15) is 0 Å². The van der Waals surface area contributed by atoms with Gasteiger partial charge >= 0.3 is 0 Å². The van der Waals surface area contributed by atoms with Crippen LogP contribution < -0.4 is 5.73 Å². The van der Waals surface area contributed by atoms with Gasteiger partial charge < -0.3 is 15.7 Å². The number of aliphatic hydroxyl groups is 1. The van der Waals surface area contributed by atoms with Crippen molar-refractivity contribution in [3.63, 3.8) is 0 Å². The standard InChI is InChI=1S/C11H24N2O/c1-9(8-14)6-13-4-3-10(2)11(5-12)7-13/h9-11,14H,3-8,12H2,1-2H3. The quantitative estimate of drug-likeness (QED) is 0.696. The Morgan fingerprint density at radius 2 is 2.29 bits per heavy atom. The molecule has 0 aromatic heterocycles. The molecule has 1 heterocycles. The van der Waals surface area contributed by atoms with Crippen LogP contribution in [-0.2, 0) is 0 Å². The summed E-state index contributed by atoms with van der Waals surface area (Å²) < 4.78 is 0. The summed E-state index contributed by atoms with van der Waals surface area (Å²) in [4.78, 5) is 2.44. The van der Waals surface area contributed by atoms with Crippen molar-refractivity contribution in [1.82, 2.24) is 4.90 Å². The normalized spacial score (nSPS) is 31.7. The minimum Gasteiger partial charge on any atom is -0.396 e. The molecule has 1 aliphatic rings. The van der Waals surface area contributed by atoms with Crippen molar-refractivity contribution in [3.8, 4) is 0 Å². The van der Waals surface area contributed by atoms with Crippen LogP contribution >= 0.6 is 0 Å². The largest absolute Gasteiger partial charge is 0.396 e. The lowest BCUT2D eigenvalue weighted by molar-refractivity contribution is 0.102. The van der Waals surface area contributed by atoms with E-state index >= 15 is 0 Å². The first-order valence-electron chi connectivity index (χ1n) is 5.70. The van der Waals surface area contributed by atoms with Crippen LogP contribution in [0, 0.1) is 17.8 Å². The topological polar surface area (TPSA) is 49.5 Å². The van der Waals surface area contributed by atoms with Gasteiger partial charge in [0.05, 0.1) is 0 Å². The average Bonchev–Trinajstić information content (AvgIpc) is 2.20. The number of piperidine rings is 1. The second-order valence-electron chi connectivity index (χ2n) is 4.81. The summed E-state index contributed by atoms with van der Waals surface area (Å²) in [5.74, 6) is 1.80. The number of nitrogens with two attached hydrogens (primary N) is 1. The zero-order valence-corrected chi connectivity index (χ0v) is 9.45. The first-order valence-corrected chi connectivity index (χ1v) is 5.70. The highest BCUT2D eigenvalue weighted by molar-refractivity contribution is 4.79. The van der Waals surface area contributed by atoms with E-state index in [1.807, 2.05) is 0 Å². The molecule has 0 saturated carbocycles. The summed E-state index contributed by atoms with van der Waals surface area (Å²) in [6, 6.07) is 0. The van der Waals surface area contributed by atoms with Crippen molar-refractivity contribution in [1.29, 1.82) is 0 Å². The summed E-state index contributed by atoms with van der Waals surface area (Å²) in [6.07, 6.45) is 1.25. The van der Waals surface area contributed by atoms with Gasteiger partial charge in [-0.25, -0.2) is 0 Å². The van der Waals surface area contributed by atoms with Gasteiger partial charge in [-0.15, -0.1) is 0 Å². The molecule has 1 aliphatic heterocycles. The molecule has 0 aliphatic carbocycles. The maximum Gasteiger partial charge on any atom is 0.0468 e. The van der Waals surface area contributed by atoms with Crippen molar-refractivity contribution in [2.45, 2.75) is 20.3 Å². The maximum absolute atomic E-state index is 8.99. The van der Waals surface area contributed by atoms with Crippen LogP contribution in [0.25, 0.3) is 0 Å². The molecule has 3 N–H and O–H groups in total. The molecule has 3 heteroatoms. The molecule has 84 valence electrons. The first kappa shape index (κ1) is 12.0. The van der Waals surface area contributed by atoms with Gasteiger partial charge in [0.2, 0.25) is 0 Å². The lowest BCUT2D eigenvalue weighted by Crippen LogP contribution is -2.44. The van der Waals surface area contributed by atoms with Crippen molar-refractivity contribution >= 4 is 0 Å². The summed E-state index contributed by atoms with van der Waals surface area (Å²) in [5, 5.41) is 8.99. The monoisotopic (exact) mass is 200 g/mol. The molecule has 0 radical (unpaired) electrons. The fraction of sp³-hybridized carbons (Fsp3) is 1.00. The molecule has 1 rings (SSSR count). The lowest BCUT2D eigenvalue weighted by Gasteiger charge is -2.37. The van der Waals surface area contributed by atoms with Gasteiger partial charge in [0.1, 0.15) is 0 Å². The first-order chi connectivity index (χ1) is 6.67. The Hall–Kier alpha value is -0.120. The highest BCUT2D eigenvalue weighted by atomic mass is 16.3. The van der Waals surface area contributed by atoms with E-state index in [2.05, 4.69) is 18.7 Å². The van der Waals surface area contributed by atoms with Crippen LogP contribution in [0.5, 0.6) is 0 Å². The van der Waals surface area contributed by atoms with Crippen molar-refractivity contribution in [2.75, 3.05) is 32.8 Å². The molecule has 0 aromatic carbocycles. The van der Waals surface area contributed by atoms with Gasteiger partial charge in [-0.3, -0.25) is 0 Å². The molecule has 0 aromatic rings. The molecule has 1 saturated heterocycles. The van der Waals surface area contributed by atoms with Crippen LogP contribution in [0.4, 0.5) is 0 Å². The minimum absolute atomic E-state index is 0.291. The van der Waals surface area contributed by atoms with Crippen LogP contribution in [0.2, 0.25) is 0 Å². The van der Waals surface area contributed by atoms with E-state index in [9.17, 15) is 0 Å². The predicted octanol–water partition coefficient (Wildman–Crippen LogP) is 0.531. The van der Waals surface area contributed by atoms with E-state index in [0.717, 1.165) is 25.6 Å². The highest BCUT2D eigenvalue weighted by Gasteiger charge is 2.25. The number of hydrogen-bond acceptors (Lipinski definition) is 3. The van der Waals surface area contributed by atoms with Crippen molar-refractivity contribution in [2.24, 2.45) is 23.5 Å². The Kier molecular flexibility index (Phi) is 4.85. The molecule has 0 bridgehead atoms. The summed E-state index contributed by atoms with van der Waals surface area (Å²) in [5.41, 5.74) is 5.74. The Labute approximate surface area is 87.3 Å². The van der Waals surface area contributed by atoms with E-state index in [-0.39, 0.29) is 0 Å². The molecule has 1 fully saturated rings. The van der Waals surface area contributed by atoms with Gasteiger partial charge in [0.15, 0.2) is 0 Å². The zero-order valence-electron chi connectivity index (χ0n) is 9.45. The van der Waals surface area contributed by atoms with Crippen molar-refractivity contribution < 1.29 is 5.11 Å². The number of rotatable bonds is 4. The lowest BCUT2D eigenvalue weighted by atomic mass is 9.87. The van der Waals surface area contributed by atoms with Crippen LogP contribution in [-0.4, -0.2) is 42.8 Å². The third-order valence-corrected chi connectivity index (χ3v) is 3.38. The molecular formula is C11H24N2O. The summed E-state index contributed by atoms with van der Waals surface area (Å²) in [6.45, 7) is 8.77. The van der Waals surface area contributed by atoms with Gasteiger partial charge in [-0.05, 0) is 37.3 Å². The Morgan fingerprint density at radius 1 is 1.57 bits per heavy atom. The SMILES string of the molecule is CC(CO)CN1CCC(C)C(CN)C1. The molecular weight excluding hydrogens is 176 g/mol. The van der Waals surface area contributed by atoms with Crippen LogP contribution in [0.3, 0.4) is 0 Å². The van der Waals surface area contributed by atoms with E-state index in [4.69, 9.17) is 10.8 Å². The second kappa shape index (κ2) is 5.69. The molecule has 0 spiro atoms. The third kappa shape index (κ3) is 3.23. The smallest absolute Gasteiger partial charge is 0.0468 e. The Morgan fingerprint density at radius 3 is 2.86 bits per heavy atom. The van der Waals surface area contributed by atoms with E-state index < -0.39 is 0 Å². The number of hydrogen-bond donors (Lipinski definition) is 2. The summed E-state index contributed by atoms with van der Waals surface area (Å²) in [7, 11) is 0. The molecule has 3 nitrogen and oxygen atoms in total. The second-order valence-corrected chi connectivity index (χ2v) is 4.81. The number of likely N-dealkylation sites (tertiary alicyclic amines) is 1. The van der Waals surface area contributed by atoms with E-state index in [1.165, 1.54) is 13.0 Å². The van der Waals surface area contributed by atoms with Crippen LogP contribution in [0.15, 0.2) is 0 Å². The number of aliphatic hydroxyl groups excluding tert-OH is 1. The molecule has 3 atom stereocenters. The average molecular weight is 200 g/mol. The predicted molar refractivity (Wildman–Crippen MR) is 59.0 cm³/mol. The van der Waals surface area contributed by atoms with Gasteiger partial charge in [0.25, 0.3) is 0 Å².